The van der Waals surface area contributed by atoms with Crippen LogP contribution in [0.25, 0.3) is 0 Å². The highest BCUT2D eigenvalue weighted by molar-refractivity contribution is 5.47. The summed E-state index contributed by atoms with van der Waals surface area (Å²) in [5.41, 5.74) is 1.02. The van der Waals surface area contributed by atoms with Crippen LogP contribution >= 0.6 is 0 Å². The molecule has 3 heteroatoms. The molecule has 0 saturated carbocycles. The first kappa shape index (κ1) is 8.38. The van der Waals surface area contributed by atoms with Gasteiger partial charge in [-0.1, -0.05) is 6.07 Å². The van der Waals surface area contributed by atoms with Crippen molar-refractivity contribution in [1.29, 1.82) is 0 Å². The summed E-state index contributed by atoms with van der Waals surface area (Å²) in [5.74, 6) is 1.67. The van der Waals surface area contributed by atoms with Gasteiger partial charge in [-0.3, -0.25) is 0 Å². The van der Waals surface area contributed by atoms with Crippen molar-refractivity contribution in [2.24, 2.45) is 0 Å². The van der Waals surface area contributed by atoms with Crippen molar-refractivity contribution >= 4 is 0 Å². The van der Waals surface area contributed by atoms with Crippen molar-refractivity contribution in [3.8, 4) is 11.5 Å². The Labute approximate surface area is 77.2 Å². The molecule has 1 atom stereocenters. The number of benzene rings is 1. The predicted octanol–water partition coefficient (Wildman–Crippen LogP) is 1.78. The van der Waals surface area contributed by atoms with E-state index >= 15 is 0 Å². The Bertz CT molecular complexity index is 283. The van der Waals surface area contributed by atoms with Gasteiger partial charge in [0.15, 0.2) is 0 Å². The van der Waals surface area contributed by atoms with Crippen LogP contribution in [0.1, 0.15) is 11.7 Å². The molecule has 1 aromatic rings. The van der Waals surface area contributed by atoms with Crippen molar-refractivity contribution in [3.05, 3.63) is 23.8 Å². The van der Waals surface area contributed by atoms with Crippen LogP contribution in [0, 0.1) is 0 Å². The molecule has 1 saturated heterocycles. The smallest absolute Gasteiger partial charge is 0.128 e. The molecule has 0 radical (unpaired) electrons. The fourth-order valence-electron chi connectivity index (χ4n) is 1.41. The molecule has 1 unspecified atom stereocenters. The van der Waals surface area contributed by atoms with Gasteiger partial charge in [0.2, 0.25) is 0 Å². The molecule has 2 rings (SSSR count). The maximum atomic E-state index is 5.23. The second-order valence-electron chi connectivity index (χ2n) is 2.90. The third-order valence-electron chi connectivity index (χ3n) is 2.12. The summed E-state index contributed by atoms with van der Waals surface area (Å²) >= 11 is 0. The molecule has 1 aliphatic heterocycles. The Balaban J connectivity index is 2.44. The van der Waals surface area contributed by atoms with Gasteiger partial charge in [-0.2, -0.15) is 0 Å². The van der Waals surface area contributed by atoms with E-state index in [2.05, 4.69) is 0 Å². The van der Waals surface area contributed by atoms with Crippen molar-refractivity contribution in [2.45, 2.75) is 6.10 Å². The Morgan fingerprint density at radius 3 is 2.15 bits per heavy atom. The van der Waals surface area contributed by atoms with Crippen LogP contribution in [0.4, 0.5) is 0 Å². The molecule has 3 nitrogen and oxygen atoms in total. The highest BCUT2D eigenvalue weighted by Crippen LogP contribution is 2.41. The molecule has 1 fully saturated rings. The van der Waals surface area contributed by atoms with Crippen LogP contribution in [0.3, 0.4) is 0 Å². The highest BCUT2D eigenvalue weighted by atomic mass is 16.6. The molecule has 13 heavy (non-hydrogen) atoms. The summed E-state index contributed by atoms with van der Waals surface area (Å²) in [4.78, 5) is 0. The standard InChI is InChI=1S/C10H12O3/c1-11-7-4-3-5-8(12-2)10(7)9-6-13-9/h3-5,9H,6H2,1-2H3. The molecule has 0 aromatic heterocycles. The number of ether oxygens (including phenoxy) is 3. The first-order chi connectivity index (χ1) is 6.36. The van der Waals surface area contributed by atoms with Crippen LogP contribution in [-0.2, 0) is 4.74 Å². The molecule has 0 aliphatic carbocycles. The lowest BCUT2D eigenvalue weighted by atomic mass is 10.1. The monoisotopic (exact) mass is 180 g/mol. The number of hydrogen-bond acceptors (Lipinski definition) is 3. The maximum Gasteiger partial charge on any atom is 0.128 e. The van der Waals surface area contributed by atoms with E-state index in [1.807, 2.05) is 18.2 Å². The van der Waals surface area contributed by atoms with E-state index in [-0.39, 0.29) is 6.10 Å². The number of hydrogen-bond donors (Lipinski definition) is 0. The second-order valence-corrected chi connectivity index (χ2v) is 2.90. The van der Waals surface area contributed by atoms with Crippen LogP contribution < -0.4 is 9.47 Å². The summed E-state index contributed by atoms with van der Waals surface area (Å²) in [5, 5.41) is 0. The average molecular weight is 180 g/mol. The normalized spacial score (nSPS) is 19.7. The number of methoxy groups -OCH3 is 2. The number of epoxide rings is 1. The zero-order valence-corrected chi connectivity index (χ0v) is 7.74. The van der Waals surface area contributed by atoms with Crippen LogP contribution in [-0.4, -0.2) is 20.8 Å². The summed E-state index contributed by atoms with van der Waals surface area (Å²) in [6, 6.07) is 5.74. The summed E-state index contributed by atoms with van der Waals surface area (Å²) in [6.07, 6.45) is 0.158. The fourth-order valence-corrected chi connectivity index (χ4v) is 1.41. The summed E-state index contributed by atoms with van der Waals surface area (Å²) in [7, 11) is 3.31. The van der Waals surface area contributed by atoms with E-state index in [1.54, 1.807) is 14.2 Å². The molecule has 1 aliphatic rings. The Hall–Kier alpha value is -1.22. The van der Waals surface area contributed by atoms with Crippen molar-refractivity contribution in [3.63, 3.8) is 0 Å². The van der Waals surface area contributed by atoms with Gasteiger partial charge in [0.05, 0.1) is 26.4 Å². The zero-order chi connectivity index (χ0) is 9.26. The molecule has 1 heterocycles. The summed E-state index contributed by atoms with van der Waals surface area (Å²) < 4.78 is 15.7. The van der Waals surface area contributed by atoms with E-state index in [1.165, 1.54) is 0 Å². The van der Waals surface area contributed by atoms with E-state index in [9.17, 15) is 0 Å². The summed E-state index contributed by atoms with van der Waals surface area (Å²) in [6.45, 7) is 0.761. The Kier molecular flexibility index (Phi) is 2.10. The molecule has 1 aromatic carbocycles. The van der Waals surface area contributed by atoms with Crippen LogP contribution in [0.5, 0.6) is 11.5 Å². The largest absolute Gasteiger partial charge is 0.496 e. The van der Waals surface area contributed by atoms with E-state index in [0.29, 0.717) is 0 Å². The van der Waals surface area contributed by atoms with Gasteiger partial charge in [-0.05, 0) is 12.1 Å². The van der Waals surface area contributed by atoms with Gasteiger partial charge in [0, 0.05) is 0 Å². The third-order valence-corrected chi connectivity index (χ3v) is 2.12. The minimum Gasteiger partial charge on any atom is -0.496 e. The quantitative estimate of drug-likeness (QED) is 0.664. The first-order valence-electron chi connectivity index (χ1n) is 4.19. The number of rotatable bonds is 3. The molecule has 0 bridgehead atoms. The van der Waals surface area contributed by atoms with E-state index < -0.39 is 0 Å². The SMILES string of the molecule is COc1cccc(OC)c1C1CO1. The predicted molar refractivity (Wildman–Crippen MR) is 48.2 cm³/mol. The van der Waals surface area contributed by atoms with Crippen molar-refractivity contribution in [2.75, 3.05) is 20.8 Å². The first-order valence-corrected chi connectivity index (χ1v) is 4.19. The molecule has 0 amide bonds. The molecular formula is C10H12O3. The minimum atomic E-state index is 0.158. The van der Waals surface area contributed by atoms with Crippen LogP contribution in [0.15, 0.2) is 18.2 Å². The Morgan fingerprint density at radius 2 is 1.77 bits per heavy atom. The van der Waals surface area contributed by atoms with Crippen molar-refractivity contribution in [1.82, 2.24) is 0 Å². The lowest BCUT2D eigenvalue weighted by Gasteiger charge is -2.10. The zero-order valence-electron chi connectivity index (χ0n) is 7.74. The lowest BCUT2D eigenvalue weighted by Crippen LogP contribution is -1.95. The van der Waals surface area contributed by atoms with Gasteiger partial charge < -0.3 is 14.2 Å². The average Bonchev–Trinajstić information content (AvgIpc) is 3.00. The Morgan fingerprint density at radius 1 is 1.23 bits per heavy atom. The molecule has 0 spiro atoms. The second kappa shape index (κ2) is 3.26. The highest BCUT2D eigenvalue weighted by Gasteiger charge is 2.31. The molecule has 0 N–H and O–H groups in total. The van der Waals surface area contributed by atoms with Gasteiger partial charge in [-0.25, -0.2) is 0 Å². The van der Waals surface area contributed by atoms with Gasteiger partial charge >= 0.3 is 0 Å². The van der Waals surface area contributed by atoms with E-state index in [0.717, 1.165) is 23.7 Å². The van der Waals surface area contributed by atoms with Gasteiger partial charge in [0.25, 0.3) is 0 Å². The molecular weight excluding hydrogens is 168 g/mol. The van der Waals surface area contributed by atoms with Gasteiger partial charge in [0.1, 0.15) is 17.6 Å². The van der Waals surface area contributed by atoms with E-state index in [4.69, 9.17) is 14.2 Å². The maximum absolute atomic E-state index is 5.23. The molecule has 70 valence electrons. The minimum absolute atomic E-state index is 0.158. The van der Waals surface area contributed by atoms with Crippen LogP contribution in [0.2, 0.25) is 0 Å². The third kappa shape index (κ3) is 1.47. The van der Waals surface area contributed by atoms with Gasteiger partial charge in [-0.15, -0.1) is 0 Å². The fraction of sp³-hybridized carbons (Fsp3) is 0.400. The lowest BCUT2D eigenvalue weighted by molar-refractivity contribution is 0.359. The topological polar surface area (TPSA) is 31.0 Å². The van der Waals surface area contributed by atoms with Crippen molar-refractivity contribution < 1.29 is 14.2 Å².